The maximum atomic E-state index is 14.0. The van der Waals surface area contributed by atoms with Gasteiger partial charge in [0.2, 0.25) is 10.0 Å². The Labute approximate surface area is 159 Å². The maximum Gasteiger partial charge on any atom is 0.255 e. The van der Waals surface area contributed by atoms with Crippen molar-refractivity contribution < 1.29 is 17.6 Å². The number of anilines is 1. The van der Waals surface area contributed by atoms with Crippen molar-refractivity contribution in [2.24, 2.45) is 0 Å². The van der Waals surface area contributed by atoms with E-state index in [0.29, 0.717) is 18.7 Å². The summed E-state index contributed by atoms with van der Waals surface area (Å²) >= 11 is 0. The fourth-order valence-corrected chi connectivity index (χ4v) is 4.95. The molecule has 1 aliphatic heterocycles. The van der Waals surface area contributed by atoms with Crippen LogP contribution < -0.4 is 5.32 Å². The summed E-state index contributed by atoms with van der Waals surface area (Å²) in [5.41, 5.74) is 1.57. The molecule has 1 fully saturated rings. The van der Waals surface area contributed by atoms with Crippen LogP contribution in [0.15, 0.2) is 41.3 Å². The fourth-order valence-electron chi connectivity index (χ4n) is 3.18. The minimum Gasteiger partial charge on any atom is -0.319 e. The molecular weight excluding hydrogens is 367 g/mol. The molecule has 0 aliphatic carbocycles. The number of piperidine rings is 1. The van der Waals surface area contributed by atoms with Crippen molar-refractivity contribution in [1.29, 1.82) is 0 Å². The molecule has 2 aromatic rings. The lowest BCUT2D eigenvalue weighted by molar-refractivity contribution is 0.102. The van der Waals surface area contributed by atoms with Gasteiger partial charge in [0.25, 0.3) is 5.91 Å². The molecule has 2 aromatic carbocycles. The van der Waals surface area contributed by atoms with Gasteiger partial charge in [0.15, 0.2) is 0 Å². The number of nitrogens with one attached hydrogen (secondary N) is 1. The number of benzene rings is 2. The van der Waals surface area contributed by atoms with Crippen LogP contribution in [0.4, 0.5) is 10.1 Å². The van der Waals surface area contributed by atoms with Crippen molar-refractivity contribution in [2.45, 2.75) is 38.0 Å². The summed E-state index contributed by atoms with van der Waals surface area (Å²) in [6.45, 7) is 4.45. The number of nitrogens with zero attached hydrogens (tertiary/aromatic N) is 1. The number of carbonyl (C=O) groups excluding carboxylic acids is 1. The molecule has 0 bridgehead atoms. The molecule has 0 unspecified atom stereocenters. The Hall–Kier alpha value is -2.25. The fraction of sp³-hybridized carbons (Fsp3) is 0.350. The van der Waals surface area contributed by atoms with E-state index in [0.717, 1.165) is 24.8 Å². The van der Waals surface area contributed by atoms with Crippen LogP contribution >= 0.6 is 0 Å². The van der Waals surface area contributed by atoms with Gasteiger partial charge in [-0.25, -0.2) is 12.8 Å². The van der Waals surface area contributed by atoms with E-state index < -0.39 is 21.7 Å². The normalized spacial score (nSPS) is 15.5. The molecule has 0 radical (unpaired) electrons. The first kappa shape index (κ1) is 19.5. The van der Waals surface area contributed by atoms with Gasteiger partial charge < -0.3 is 5.32 Å². The topological polar surface area (TPSA) is 66.5 Å². The minimum atomic E-state index is -3.66. The van der Waals surface area contributed by atoms with Crippen LogP contribution in [0.25, 0.3) is 0 Å². The van der Waals surface area contributed by atoms with E-state index in [4.69, 9.17) is 0 Å². The number of sulfonamides is 1. The summed E-state index contributed by atoms with van der Waals surface area (Å²) in [5.74, 6) is -1.08. The second kappa shape index (κ2) is 7.78. The van der Waals surface area contributed by atoms with Crippen LogP contribution in [0.2, 0.25) is 0 Å². The van der Waals surface area contributed by atoms with Crippen LogP contribution in [0, 0.1) is 19.7 Å². The monoisotopic (exact) mass is 390 g/mol. The summed E-state index contributed by atoms with van der Waals surface area (Å²) in [7, 11) is -3.66. The lowest BCUT2D eigenvalue weighted by Crippen LogP contribution is -2.36. The summed E-state index contributed by atoms with van der Waals surface area (Å²) in [6, 6.07) is 9.04. The zero-order valence-corrected chi connectivity index (χ0v) is 16.3. The van der Waals surface area contributed by atoms with Gasteiger partial charge in [-0.1, -0.05) is 18.6 Å². The number of carbonyl (C=O) groups is 1. The Morgan fingerprint density at radius 2 is 1.74 bits per heavy atom. The van der Waals surface area contributed by atoms with E-state index >= 15 is 0 Å². The molecule has 1 amide bonds. The largest absolute Gasteiger partial charge is 0.319 e. The Morgan fingerprint density at radius 3 is 2.41 bits per heavy atom. The van der Waals surface area contributed by atoms with E-state index in [1.807, 2.05) is 0 Å². The molecule has 144 valence electrons. The van der Waals surface area contributed by atoms with E-state index in [9.17, 15) is 17.6 Å². The van der Waals surface area contributed by atoms with E-state index in [1.165, 1.54) is 22.5 Å². The van der Waals surface area contributed by atoms with E-state index in [1.54, 1.807) is 32.0 Å². The molecule has 27 heavy (non-hydrogen) atoms. The molecule has 1 heterocycles. The zero-order chi connectivity index (χ0) is 19.6. The number of hydrogen-bond acceptors (Lipinski definition) is 3. The average Bonchev–Trinajstić information content (AvgIpc) is 2.65. The summed E-state index contributed by atoms with van der Waals surface area (Å²) in [5, 5.41) is 2.51. The number of amides is 1. The molecule has 0 aromatic heterocycles. The van der Waals surface area contributed by atoms with Gasteiger partial charge in [-0.3, -0.25) is 4.79 Å². The molecular formula is C20H23FN2O3S. The predicted molar refractivity (Wildman–Crippen MR) is 103 cm³/mol. The first-order chi connectivity index (χ1) is 12.8. The van der Waals surface area contributed by atoms with Crippen molar-refractivity contribution in [2.75, 3.05) is 18.4 Å². The lowest BCUT2D eigenvalue weighted by atomic mass is 10.1. The SMILES string of the molecule is Cc1ccc(NC(=O)c2ccc(C)c(S(=O)(=O)N3CCCCC3)c2)c(F)c1. The molecule has 1 N–H and O–H groups in total. The molecule has 0 atom stereocenters. The first-order valence-corrected chi connectivity index (χ1v) is 10.4. The number of halogens is 1. The smallest absolute Gasteiger partial charge is 0.255 e. The highest BCUT2D eigenvalue weighted by Gasteiger charge is 2.28. The highest BCUT2D eigenvalue weighted by atomic mass is 32.2. The Balaban J connectivity index is 1.89. The lowest BCUT2D eigenvalue weighted by Gasteiger charge is -2.26. The van der Waals surface area contributed by atoms with Crippen LogP contribution in [0.1, 0.15) is 40.7 Å². The summed E-state index contributed by atoms with van der Waals surface area (Å²) in [6.07, 6.45) is 2.70. The zero-order valence-electron chi connectivity index (χ0n) is 15.5. The molecule has 3 rings (SSSR count). The average molecular weight is 390 g/mol. The third-order valence-electron chi connectivity index (χ3n) is 4.76. The number of rotatable bonds is 4. The van der Waals surface area contributed by atoms with Crippen molar-refractivity contribution >= 4 is 21.6 Å². The van der Waals surface area contributed by atoms with Crippen molar-refractivity contribution in [3.63, 3.8) is 0 Å². The Bertz CT molecular complexity index is 967. The molecule has 1 aliphatic rings. The molecule has 0 saturated carbocycles. The quantitative estimate of drug-likeness (QED) is 0.862. The van der Waals surface area contributed by atoms with E-state index in [2.05, 4.69) is 5.32 Å². The van der Waals surface area contributed by atoms with Crippen molar-refractivity contribution in [1.82, 2.24) is 4.31 Å². The predicted octanol–water partition coefficient (Wildman–Crippen LogP) is 3.87. The van der Waals surface area contributed by atoms with E-state index in [-0.39, 0.29) is 16.1 Å². The minimum absolute atomic E-state index is 0.0617. The molecule has 1 saturated heterocycles. The first-order valence-electron chi connectivity index (χ1n) is 8.97. The molecule has 5 nitrogen and oxygen atoms in total. The second-order valence-electron chi connectivity index (χ2n) is 6.88. The van der Waals surface area contributed by atoms with Crippen LogP contribution in [-0.2, 0) is 10.0 Å². The highest BCUT2D eigenvalue weighted by molar-refractivity contribution is 7.89. The molecule has 0 spiro atoms. The van der Waals surface area contributed by atoms with Gasteiger partial charge >= 0.3 is 0 Å². The van der Waals surface area contributed by atoms with Gasteiger partial charge in [0, 0.05) is 18.7 Å². The number of aryl methyl sites for hydroxylation is 2. The summed E-state index contributed by atoms with van der Waals surface area (Å²) < 4.78 is 41.4. The highest BCUT2D eigenvalue weighted by Crippen LogP contribution is 2.25. The van der Waals surface area contributed by atoms with Gasteiger partial charge in [-0.15, -0.1) is 0 Å². The van der Waals surface area contributed by atoms with Gasteiger partial charge in [0.05, 0.1) is 10.6 Å². The Kier molecular flexibility index (Phi) is 5.62. The Morgan fingerprint density at radius 1 is 1.04 bits per heavy atom. The van der Waals surface area contributed by atoms with Crippen molar-refractivity contribution in [3.8, 4) is 0 Å². The number of hydrogen-bond donors (Lipinski definition) is 1. The maximum absolute atomic E-state index is 14.0. The van der Waals surface area contributed by atoms with Crippen LogP contribution in [0.3, 0.4) is 0 Å². The van der Waals surface area contributed by atoms with Gasteiger partial charge in [-0.2, -0.15) is 4.31 Å². The molecule has 7 heteroatoms. The van der Waals surface area contributed by atoms with Crippen LogP contribution in [0.5, 0.6) is 0 Å². The summed E-state index contributed by atoms with van der Waals surface area (Å²) in [4.78, 5) is 12.7. The van der Waals surface area contributed by atoms with Gasteiger partial charge in [0.1, 0.15) is 5.82 Å². The van der Waals surface area contributed by atoms with Crippen LogP contribution in [-0.4, -0.2) is 31.7 Å². The van der Waals surface area contributed by atoms with Gasteiger partial charge in [-0.05, 0) is 62.1 Å². The standard InChI is InChI=1S/C20H23FN2O3S/c1-14-6-9-18(17(21)12-14)22-20(24)16-8-7-15(2)19(13-16)27(25,26)23-10-4-3-5-11-23/h6-9,12-13H,3-5,10-11H2,1-2H3,(H,22,24). The third kappa shape index (κ3) is 4.20. The second-order valence-corrected chi connectivity index (χ2v) is 8.79. The third-order valence-corrected chi connectivity index (χ3v) is 6.80. The van der Waals surface area contributed by atoms with Crippen molar-refractivity contribution in [3.05, 3.63) is 58.9 Å².